The minimum atomic E-state index is -0.190. The molecular formula is C11H19N3O2. The molecule has 0 bridgehead atoms. The van der Waals surface area contributed by atoms with Gasteiger partial charge in [-0.1, -0.05) is 0 Å². The minimum absolute atomic E-state index is 0.0362. The maximum Gasteiger partial charge on any atom is 0.248 e. The molecule has 0 aromatic heterocycles. The zero-order chi connectivity index (χ0) is 12.0. The number of hydrogen-bond acceptors (Lipinski definition) is 4. The van der Waals surface area contributed by atoms with Gasteiger partial charge in [-0.05, 0) is 13.8 Å². The molecule has 1 aliphatic rings. The molecule has 0 aliphatic carbocycles. The number of nitrogens with zero attached hydrogens (tertiary/aromatic N) is 2. The fraction of sp³-hybridized carbons (Fsp3) is 0.818. The fourth-order valence-electron chi connectivity index (χ4n) is 1.55. The van der Waals surface area contributed by atoms with Crippen molar-refractivity contribution < 1.29 is 9.53 Å². The Kier molecular flexibility index (Phi) is 4.71. The zero-order valence-corrected chi connectivity index (χ0v) is 9.95. The molecule has 1 rings (SSSR count). The highest BCUT2D eigenvalue weighted by Gasteiger charge is 2.33. The number of carbonyl (C=O) groups is 1. The number of nitriles is 1. The van der Waals surface area contributed by atoms with E-state index < -0.39 is 0 Å². The molecule has 5 heteroatoms. The van der Waals surface area contributed by atoms with E-state index in [0.29, 0.717) is 19.5 Å². The first-order chi connectivity index (χ1) is 7.61. The van der Waals surface area contributed by atoms with Crippen LogP contribution in [-0.4, -0.2) is 49.2 Å². The molecule has 0 unspecified atom stereocenters. The average molecular weight is 225 g/mol. The number of likely N-dealkylation sites (N-methyl/N-ethyl adjacent to an activating group) is 1. The molecule has 0 aromatic rings. The first-order valence-electron chi connectivity index (χ1n) is 5.61. The van der Waals surface area contributed by atoms with Crippen LogP contribution in [0.25, 0.3) is 0 Å². The quantitative estimate of drug-likeness (QED) is 0.697. The third-order valence-electron chi connectivity index (χ3n) is 2.77. The molecule has 1 aliphatic heterocycles. The highest BCUT2D eigenvalue weighted by molar-refractivity contribution is 5.77. The van der Waals surface area contributed by atoms with Crippen molar-refractivity contribution >= 4 is 5.91 Å². The Labute approximate surface area is 96.4 Å². The average Bonchev–Trinajstić information content (AvgIpc) is 2.24. The summed E-state index contributed by atoms with van der Waals surface area (Å²) in [4.78, 5) is 13.4. The molecule has 1 heterocycles. The van der Waals surface area contributed by atoms with Crippen molar-refractivity contribution in [2.24, 2.45) is 0 Å². The van der Waals surface area contributed by atoms with Crippen LogP contribution < -0.4 is 5.32 Å². The van der Waals surface area contributed by atoms with Gasteiger partial charge in [0.05, 0.1) is 18.1 Å². The van der Waals surface area contributed by atoms with Crippen LogP contribution in [0.3, 0.4) is 0 Å². The first-order valence-corrected chi connectivity index (χ1v) is 5.61. The largest absolute Gasteiger partial charge is 0.363 e. The lowest BCUT2D eigenvalue weighted by atomic mass is 10.0. The number of carbonyl (C=O) groups excluding carboxylic acids is 1. The van der Waals surface area contributed by atoms with Gasteiger partial charge >= 0.3 is 0 Å². The predicted octanol–water partition coefficient (Wildman–Crippen LogP) is 0.127. The van der Waals surface area contributed by atoms with Gasteiger partial charge in [0.2, 0.25) is 5.91 Å². The van der Waals surface area contributed by atoms with Crippen molar-refractivity contribution in [2.75, 3.05) is 32.8 Å². The molecule has 0 saturated carbocycles. The van der Waals surface area contributed by atoms with Crippen molar-refractivity contribution in [1.82, 2.24) is 10.2 Å². The Morgan fingerprint density at radius 1 is 1.62 bits per heavy atom. The summed E-state index contributed by atoms with van der Waals surface area (Å²) in [5.74, 6) is -0.0362. The first kappa shape index (κ1) is 12.9. The predicted molar refractivity (Wildman–Crippen MR) is 59.7 cm³/mol. The van der Waals surface area contributed by atoms with Crippen molar-refractivity contribution in [3.05, 3.63) is 0 Å². The van der Waals surface area contributed by atoms with Gasteiger partial charge < -0.3 is 15.0 Å². The Morgan fingerprint density at radius 3 is 2.75 bits per heavy atom. The second-order valence-electron chi connectivity index (χ2n) is 4.22. The third kappa shape index (κ3) is 3.47. The normalized spacial score (nSPS) is 17.3. The van der Waals surface area contributed by atoms with Gasteiger partial charge in [-0.25, -0.2) is 0 Å². The van der Waals surface area contributed by atoms with Crippen LogP contribution in [-0.2, 0) is 9.53 Å². The van der Waals surface area contributed by atoms with Gasteiger partial charge in [-0.15, -0.1) is 0 Å². The maximum atomic E-state index is 11.7. The smallest absolute Gasteiger partial charge is 0.248 e. The lowest BCUT2D eigenvalue weighted by molar-refractivity contribution is -0.145. The van der Waals surface area contributed by atoms with E-state index in [2.05, 4.69) is 5.32 Å². The van der Waals surface area contributed by atoms with Crippen LogP contribution in [0.4, 0.5) is 0 Å². The highest BCUT2D eigenvalue weighted by Crippen LogP contribution is 2.15. The molecule has 90 valence electrons. The van der Waals surface area contributed by atoms with E-state index >= 15 is 0 Å². The van der Waals surface area contributed by atoms with Gasteiger partial charge in [0.1, 0.15) is 6.61 Å². The van der Waals surface area contributed by atoms with Crippen LogP contribution in [0.5, 0.6) is 0 Å². The topological polar surface area (TPSA) is 65.4 Å². The summed E-state index contributed by atoms with van der Waals surface area (Å²) in [6.45, 7) is 6.71. The summed E-state index contributed by atoms with van der Waals surface area (Å²) in [5, 5.41) is 11.6. The van der Waals surface area contributed by atoms with Crippen molar-refractivity contribution in [2.45, 2.75) is 25.9 Å². The number of rotatable bonds is 6. The summed E-state index contributed by atoms with van der Waals surface area (Å²) in [6.07, 6.45) is 0.373. The van der Waals surface area contributed by atoms with E-state index in [1.807, 2.05) is 19.9 Å². The fourth-order valence-corrected chi connectivity index (χ4v) is 1.55. The maximum absolute atomic E-state index is 11.7. The zero-order valence-electron chi connectivity index (χ0n) is 9.95. The van der Waals surface area contributed by atoms with Crippen LogP contribution in [0.15, 0.2) is 0 Å². The lowest BCUT2D eigenvalue weighted by Crippen LogP contribution is -2.59. The van der Waals surface area contributed by atoms with Crippen LogP contribution in [0, 0.1) is 11.3 Å². The number of ether oxygens (including phenoxy) is 1. The molecule has 1 amide bonds. The Morgan fingerprint density at radius 2 is 2.31 bits per heavy atom. The van der Waals surface area contributed by atoms with E-state index in [4.69, 9.17) is 10.00 Å². The van der Waals surface area contributed by atoms with Crippen molar-refractivity contribution in [1.29, 1.82) is 5.26 Å². The Balaban J connectivity index is 2.29. The molecule has 0 spiro atoms. The molecule has 1 fully saturated rings. The van der Waals surface area contributed by atoms with Gasteiger partial charge in [-0.3, -0.25) is 4.79 Å². The Bertz CT molecular complexity index is 281. The number of amides is 1. The third-order valence-corrected chi connectivity index (χ3v) is 2.77. The van der Waals surface area contributed by atoms with Gasteiger partial charge in [-0.2, -0.15) is 5.26 Å². The minimum Gasteiger partial charge on any atom is -0.363 e. The summed E-state index contributed by atoms with van der Waals surface area (Å²) in [7, 11) is 0. The van der Waals surface area contributed by atoms with E-state index in [1.165, 1.54) is 0 Å². The second kappa shape index (κ2) is 5.83. The van der Waals surface area contributed by atoms with Gasteiger partial charge in [0.15, 0.2) is 0 Å². The van der Waals surface area contributed by atoms with E-state index in [-0.39, 0.29) is 18.1 Å². The monoisotopic (exact) mass is 225 g/mol. The summed E-state index contributed by atoms with van der Waals surface area (Å²) in [5.41, 5.74) is -0.190. The Hall–Kier alpha value is -1.12. The van der Waals surface area contributed by atoms with Gasteiger partial charge in [0, 0.05) is 26.2 Å². The number of hydrogen-bond donors (Lipinski definition) is 1. The van der Waals surface area contributed by atoms with Gasteiger partial charge in [0.25, 0.3) is 0 Å². The van der Waals surface area contributed by atoms with Crippen molar-refractivity contribution in [3.8, 4) is 6.07 Å². The molecule has 0 radical (unpaired) electrons. The molecule has 16 heavy (non-hydrogen) atoms. The molecular weight excluding hydrogens is 206 g/mol. The van der Waals surface area contributed by atoms with Crippen LogP contribution >= 0.6 is 0 Å². The number of nitrogens with one attached hydrogen (secondary N) is 1. The van der Waals surface area contributed by atoms with E-state index in [9.17, 15) is 4.79 Å². The molecule has 1 N–H and O–H groups in total. The summed E-state index contributed by atoms with van der Waals surface area (Å²) < 4.78 is 5.55. The summed E-state index contributed by atoms with van der Waals surface area (Å²) >= 11 is 0. The van der Waals surface area contributed by atoms with E-state index in [0.717, 1.165) is 13.1 Å². The standard InChI is InChI=1S/C11H19N3O2/c1-3-14(6-4-5-12)10(15)7-16-11(2)8-13-9-11/h13H,3-4,6-9H2,1-2H3. The molecule has 1 saturated heterocycles. The van der Waals surface area contributed by atoms with Crippen molar-refractivity contribution in [3.63, 3.8) is 0 Å². The molecule has 5 nitrogen and oxygen atoms in total. The highest BCUT2D eigenvalue weighted by atomic mass is 16.5. The van der Waals surface area contributed by atoms with E-state index in [1.54, 1.807) is 4.90 Å². The second-order valence-corrected chi connectivity index (χ2v) is 4.22. The molecule has 0 atom stereocenters. The van der Waals surface area contributed by atoms with Crippen LogP contribution in [0.1, 0.15) is 20.3 Å². The summed E-state index contributed by atoms with van der Waals surface area (Å²) in [6, 6.07) is 2.04. The lowest BCUT2D eigenvalue weighted by Gasteiger charge is -2.39. The molecule has 0 aromatic carbocycles. The SMILES string of the molecule is CCN(CCC#N)C(=O)COC1(C)CNC1. The van der Waals surface area contributed by atoms with Crippen LogP contribution in [0.2, 0.25) is 0 Å².